The third-order valence-electron chi connectivity index (χ3n) is 7.43. The summed E-state index contributed by atoms with van der Waals surface area (Å²) in [5.74, 6) is -0.962. The lowest BCUT2D eigenvalue weighted by Gasteiger charge is -2.23. The maximum Gasteiger partial charge on any atom is 0.408 e. The number of aliphatic hydroxyl groups is 1. The molecular weight excluding hydrogens is 566 g/mol. The molecule has 0 fully saturated rings. The minimum absolute atomic E-state index is 0.00653. The number of nitrogens with zero attached hydrogens (tertiary/aromatic N) is 4. The molecule has 3 N–H and O–H groups in total. The molecular formula is C32H39N5O7. The van der Waals surface area contributed by atoms with Crippen molar-refractivity contribution in [2.45, 2.75) is 59.2 Å². The molecule has 3 aromatic heterocycles. The number of carboxylic acid groups (broad SMARTS) is 1. The Morgan fingerprint density at radius 1 is 1.27 bits per heavy atom. The summed E-state index contributed by atoms with van der Waals surface area (Å²) in [5, 5.41) is 27.2. The van der Waals surface area contributed by atoms with Gasteiger partial charge in [0.1, 0.15) is 12.6 Å². The van der Waals surface area contributed by atoms with E-state index in [1.54, 1.807) is 13.3 Å². The van der Waals surface area contributed by atoms with E-state index in [0.29, 0.717) is 18.5 Å². The number of aliphatic hydroxyl groups excluding tert-OH is 1. The fourth-order valence-electron chi connectivity index (χ4n) is 5.11. The number of hydrogen-bond acceptors (Lipinski definition) is 9. The second-order valence-electron chi connectivity index (χ2n) is 11.3. The van der Waals surface area contributed by atoms with E-state index in [1.165, 1.54) is 6.08 Å². The molecule has 0 unspecified atom stereocenters. The third kappa shape index (κ3) is 6.98. The highest BCUT2D eigenvalue weighted by atomic mass is 16.5. The first-order chi connectivity index (χ1) is 21.0. The molecule has 0 radical (unpaired) electrons. The Hall–Kier alpha value is -4.55. The molecule has 3 heterocycles. The number of pyridine rings is 1. The standard InChI is InChI=1S/C32H39N5O7/c1-7-14-43-31(41)34-24(30(39)40)16-26-35-29(36-44-26)20-11-12-25-22(15-20)23(17-32(4,5)18-38)28(37(25)8-2)21-10-9-13-33-27(21)19(3)42-6/h7,9-13,15,19,24,38H,1,8,14,16-18H2,2-6H3,(H,34,41)(H,39,40)/t19-,24-/m0/s1. The molecule has 2 atom stereocenters. The van der Waals surface area contributed by atoms with Crippen molar-refractivity contribution in [1.29, 1.82) is 0 Å². The number of methoxy groups -OCH3 is 1. The topological polar surface area (TPSA) is 162 Å². The molecule has 44 heavy (non-hydrogen) atoms. The van der Waals surface area contributed by atoms with E-state index in [2.05, 4.69) is 38.5 Å². The summed E-state index contributed by atoms with van der Waals surface area (Å²) in [4.78, 5) is 32.8. The molecule has 0 spiro atoms. The van der Waals surface area contributed by atoms with Gasteiger partial charge < -0.3 is 34.1 Å². The Kier molecular flexibility index (Phi) is 10.2. The molecule has 0 aliphatic rings. The Morgan fingerprint density at radius 2 is 2.05 bits per heavy atom. The second kappa shape index (κ2) is 13.8. The predicted octanol–water partition coefficient (Wildman–Crippen LogP) is 4.95. The molecule has 0 saturated heterocycles. The number of aromatic nitrogens is 4. The van der Waals surface area contributed by atoms with E-state index in [-0.39, 0.29) is 37.5 Å². The van der Waals surface area contributed by atoms with Crippen LogP contribution in [0.3, 0.4) is 0 Å². The molecule has 0 bridgehead atoms. The van der Waals surface area contributed by atoms with Crippen molar-refractivity contribution in [3.05, 3.63) is 66.3 Å². The number of carbonyl (C=O) groups excluding carboxylic acids is 1. The van der Waals surface area contributed by atoms with E-state index in [9.17, 15) is 19.8 Å². The largest absolute Gasteiger partial charge is 0.480 e. The molecule has 12 nitrogen and oxygen atoms in total. The van der Waals surface area contributed by atoms with Crippen LogP contribution in [0, 0.1) is 5.41 Å². The van der Waals surface area contributed by atoms with E-state index >= 15 is 0 Å². The summed E-state index contributed by atoms with van der Waals surface area (Å²) in [6.45, 7) is 12.2. The van der Waals surface area contributed by atoms with Crippen LogP contribution < -0.4 is 5.32 Å². The van der Waals surface area contributed by atoms with Crippen LogP contribution in [0.4, 0.5) is 4.79 Å². The third-order valence-corrected chi connectivity index (χ3v) is 7.43. The van der Waals surface area contributed by atoms with Crippen molar-refractivity contribution in [3.8, 4) is 22.6 Å². The van der Waals surface area contributed by atoms with Crippen LogP contribution in [0.15, 0.2) is 53.7 Å². The van der Waals surface area contributed by atoms with Gasteiger partial charge in [-0.3, -0.25) is 4.98 Å². The molecule has 0 aliphatic heterocycles. The summed E-state index contributed by atoms with van der Waals surface area (Å²) < 4.78 is 18.1. The van der Waals surface area contributed by atoms with Gasteiger partial charge in [-0.1, -0.05) is 31.7 Å². The summed E-state index contributed by atoms with van der Waals surface area (Å²) in [7, 11) is 1.66. The number of benzene rings is 1. The number of hydrogen-bond donors (Lipinski definition) is 3. The van der Waals surface area contributed by atoms with Gasteiger partial charge in [-0.25, -0.2) is 9.59 Å². The molecule has 12 heteroatoms. The zero-order valence-electron chi connectivity index (χ0n) is 25.7. The van der Waals surface area contributed by atoms with Gasteiger partial charge in [0.15, 0.2) is 0 Å². The zero-order chi connectivity index (χ0) is 32.0. The summed E-state index contributed by atoms with van der Waals surface area (Å²) in [6.07, 6.45) is 2.34. The number of carboxylic acids is 1. The molecule has 234 valence electrons. The normalized spacial score (nSPS) is 13.0. The van der Waals surface area contributed by atoms with E-state index < -0.39 is 23.5 Å². The van der Waals surface area contributed by atoms with Gasteiger partial charge in [0.2, 0.25) is 11.7 Å². The van der Waals surface area contributed by atoms with E-state index in [1.807, 2.05) is 51.1 Å². The van der Waals surface area contributed by atoms with Gasteiger partial charge in [0.05, 0.1) is 23.9 Å². The van der Waals surface area contributed by atoms with Gasteiger partial charge in [-0.2, -0.15) is 4.98 Å². The van der Waals surface area contributed by atoms with E-state index in [4.69, 9.17) is 14.0 Å². The Bertz CT molecular complexity index is 1640. The number of ether oxygens (including phenoxy) is 2. The fourth-order valence-corrected chi connectivity index (χ4v) is 5.11. The Labute approximate surface area is 255 Å². The van der Waals surface area contributed by atoms with Crippen molar-refractivity contribution >= 4 is 23.0 Å². The second-order valence-corrected chi connectivity index (χ2v) is 11.3. The minimum Gasteiger partial charge on any atom is -0.480 e. The maximum absolute atomic E-state index is 11.9. The lowest BCUT2D eigenvalue weighted by Crippen LogP contribution is -2.42. The number of amides is 1. The number of alkyl carbamates (subject to hydrolysis) is 1. The SMILES string of the molecule is C=CCOC(=O)N[C@@H](Cc1nc(-c2ccc3c(c2)c(CC(C)(C)CO)c(-c2cccnc2[C@H](C)OC)n3CC)no1)C(=O)O. The summed E-state index contributed by atoms with van der Waals surface area (Å²) >= 11 is 0. The lowest BCUT2D eigenvalue weighted by atomic mass is 9.84. The van der Waals surface area contributed by atoms with Crippen LogP contribution in [0.2, 0.25) is 0 Å². The van der Waals surface area contributed by atoms with Crippen molar-refractivity contribution in [1.82, 2.24) is 25.0 Å². The predicted molar refractivity (Wildman–Crippen MR) is 164 cm³/mol. The van der Waals surface area contributed by atoms with Gasteiger partial charge in [0, 0.05) is 48.5 Å². The van der Waals surface area contributed by atoms with Gasteiger partial charge in [-0.15, -0.1) is 0 Å². The number of aliphatic carboxylic acids is 1. The summed E-state index contributed by atoms with van der Waals surface area (Å²) in [6, 6.07) is 8.48. The van der Waals surface area contributed by atoms with Gasteiger partial charge in [-0.05, 0) is 61.6 Å². The fraction of sp³-hybridized carbons (Fsp3) is 0.406. The first-order valence-electron chi connectivity index (χ1n) is 14.4. The summed E-state index contributed by atoms with van der Waals surface area (Å²) in [5.41, 5.74) is 5.04. The zero-order valence-corrected chi connectivity index (χ0v) is 25.7. The number of carbonyl (C=O) groups is 2. The van der Waals surface area contributed by atoms with Crippen molar-refractivity contribution < 1.29 is 33.8 Å². The minimum atomic E-state index is -1.33. The lowest BCUT2D eigenvalue weighted by molar-refractivity contribution is -0.139. The van der Waals surface area contributed by atoms with Crippen LogP contribution in [0.25, 0.3) is 33.5 Å². The van der Waals surface area contributed by atoms with Crippen LogP contribution in [0.5, 0.6) is 0 Å². The number of aryl methyl sites for hydroxylation is 1. The number of fused-ring (bicyclic) bond motifs is 1. The highest BCUT2D eigenvalue weighted by molar-refractivity contribution is 5.94. The highest BCUT2D eigenvalue weighted by Gasteiger charge is 2.28. The van der Waals surface area contributed by atoms with Crippen LogP contribution in [-0.2, 0) is 33.7 Å². The Morgan fingerprint density at radius 3 is 2.70 bits per heavy atom. The maximum atomic E-state index is 11.9. The molecule has 0 aliphatic carbocycles. The molecule has 4 rings (SSSR count). The monoisotopic (exact) mass is 605 g/mol. The quantitative estimate of drug-likeness (QED) is 0.168. The first kappa shape index (κ1) is 32.4. The highest BCUT2D eigenvalue weighted by Crippen LogP contribution is 2.41. The first-order valence-corrected chi connectivity index (χ1v) is 14.4. The average molecular weight is 606 g/mol. The molecule has 1 amide bonds. The smallest absolute Gasteiger partial charge is 0.408 e. The number of nitrogens with one attached hydrogen (secondary N) is 1. The average Bonchev–Trinajstić information content (AvgIpc) is 3.61. The molecule has 0 saturated carbocycles. The van der Waals surface area contributed by atoms with Crippen LogP contribution >= 0.6 is 0 Å². The van der Waals surface area contributed by atoms with Crippen molar-refractivity contribution in [2.24, 2.45) is 5.41 Å². The molecule has 1 aromatic carbocycles. The van der Waals surface area contributed by atoms with Crippen molar-refractivity contribution in [3.63, 3.8) is 0 Å². The van der Waals surface area contributed by atoms with Gasteiger partial charge >= 0.3 is 12.1 Å². The number of rotatable bonds is 14. The molecule has 4 aromatic rings. The van der Waals surface area contributed by atoms with Crippen LogP contribution in [-0.4, -0.2) is 68.3 Å². The van der Waals surface area contributed by atoms with Crippen LogP contribution in [0.1, 0.15) is 50.9 Å². The van der Waals surface area contributed by atoms with Gasteiger partial charge in [0.25, 0.3) is 0 Å². The van der Waals surface area contributed by atoms with E-state index in [0.717, 1.165) is 33.4 Å². The Balaban J connectivity index is 1.80. The van der Waals surface area contributed by atoms with Crippen molar-refractivity contribution in [2.75, 3.05) is 20.3 Å².